The molecule has 1 amide bonds. The molecule has 1 aromatic heterocycles. The minimum atomic E-state index is -0.252. The molecule has 0 radical (unpaired) electrons. The lowest BCUT2D eigenvalue weighted by atomic mass is 10.2. The third-order valence-corrected chi connectivity index (χ3v) is 6.12. The Balaban J connectivity index is 1.55. The number of thiazole rings is 1. The molecule has 0 bridgehead atoms. The first-order valence-electron chi connectivity index (χ1n) is 10.5. The fourth-order valence-electron chi connectivity index (χ4n) is 3.46. The number of nitrogens with zero attached hydrogens (tertiary/aromatic N) is 2. The first kappa shape index (κ1) is 23.2. The van der Waals surface area contributed by atoms with Gasteiger partial charge in [-0.25, -0.2) is 4.98 Å². The highest BCUT2D eigenvalue weighted by atomic mass is 32.1. The number of amides is 1. The molecule has 9 heteroatoms. The number of rotatable bonds is 8. The molecule has 0 spiro atoms. The number of aromatic nitrogens is 1. The smallest absolute Gasteiger partial charge is 0.255 e. The van der Waals surface area contributed by atoms with Crippen LogP contribution < -0.4 is 29.7 Å². The average Bonchev–Trinajstić information content (AvgIpc) is 3.24. The molecule has 8 nitrogen and oxygen atoms in total. The summed E-state index contributed by atoms with van der Waals surface area (Å²) in [5.41, 5.74) is 3.92. The van der Waals surface area contributed by atoms with Crippen LogP contribution in [-0.4, -0.2) is 46.3 Å². The highest BCUT2D eigenvalue weighted by molar-refractivity contribution is 7.22. The monoisotopic (exact) mass is 478 g/mol. The zero-order valence-electron chi connectivity index (χ0n) is 19.6. The van der Waals surface area contributed by atoms with Crippen molar-refractivity contribution in [3.05, 3.63) is 60.2 Å². The van der Waals surface area contributed by atoms with Crippen molar-refractivity contribution in [1.82, 2.24) is 4.98 Å². The second-order valence-electron chi connectivity index (χ2n) is 7.64. The molecular formula is C25H26N4O4S. The van der Waals surface area contributed by atoms with Crippen LogP contribution in [0.3, 0.4) is 0 Å². The first-order valence-corrected chi connectivity index (χ1v) is 11.3. The van der Waals surface area contributed by atoms with E-state index in [9.17, 15) is 4.79 Å². The maximum atomic E-state index is 13.0. The normalized spacial score (nSPS) is 10.6. The van der Waals surface area contributed by atoms with Crippen molar-refractivity contribution in [1.29, 1.82) is 0 Å². The summed E-state index contributed by atoms with van der Waals surface area (Å²) in [5, 5.41) is 7.01. The van der Waals surface area contributed by atoms with Gasteiger partial charge in [0.1, 0.15) is 0 Å². The molecule has 4 rings (SSSR count). The van der Waals surface area contributed by atoms with Gasteiger partial charge in [0.25, 0.3) is 5.91 Å². The molecule has 3 aromatic carbocycles. The van der Waals surface area contributed by atoms with Gasteiger partial charge in [0.05, 0.1) is 31.5 Å². The Morgan fingerprint density at radius 2 is 1.65 bits per heavy atom. The summed E-state index contributed by atoms with van der Waals surface area (Å²) in [6.07, 6.45) is 0. The Bertz CT molecular complexity index is 1310. The number of anilines is 4. The summed E-state index contributed by atoms with van der Waals surface area (Å²) in [7, 11) is 8.60. The van der Waals surface area contributed by atoms with Crippen molar-refractivity contribution in [2.45, 2.75) is 0 Å². The number of methoxy groups -OCH3 is 3. The van der Waals surface area contributed by atoms with Crippen LogP contribution in [0.25, 0.3) is 10.2 Å². The quantitative estimate of drug-likeness (QED) is 0.351. The Morgan fingerprint density at radius 3 is 2.29 bits per heavy atom. The van der Waals surface area contributed by atoms with Gasteiger partial charge in [-0.1, -0.05) is 17.4 Å². The van der Waals surface area contributed by atoms with Gasteiger partial charge < -0.3 is 29.7 Å². The van der Waals surface area contributed by atoms with Crippen LogP contribution in [0.2, 0.25) is 0 Å². The van der Waals surface area contributed by atoms with Crippen molar-refractivity contribution < 1.29 is 19.0 Å². The fourth-order valence-corrected chi connectivity index (χ4v) is 4.39. The summed E-state index contributed by atoms with van der Waals surface area (Å²) >= 11 is 1.49. The molecule has 2 N–H and O–H groups in total. The Labute approximate surface area is 202 Å². The van der Waals surface area contributed by atoms with E-state index in [4.69, 9.17) is 14.2 Å². The minimum absolute atomic E-state index is 0.252. The van der Waals surface area contributed by atoms with E-state index < -0.39 is 0 Å². The second kappa shape index (κ2) is 9.88. The molecule has 4 aromatic rings. The Morgan fingerprint density at radius 1 is 0.912 bits per heavy atom. The molecule has 0 aliphatic heterocycles. The van der Waals surface area contributed by atoms with Gasteiger partial charge in [-0.3, -0.25) is 4.79 Å². The Kier molecular flexibility index (Phi) is 6.74. The maximum Gasteiger partial charge on any atom is 0.255 e. The van der Waals surface area contributed by atoms with Crippen LogP contribution in [0.5, 0.6) is 17.2 Å². The van der Waals surface area contributed by atoms with Crippen LogP contribution in [0.15, 0.2) is 54.6 Å². The molecule has 0 unspecified atom stereocenters. The molecule has 0 fully saturated rings. The van der Waals surface area contributed by atoms with Crippen LogP contribution in [0.1, 0.15) is 10.4 Å². The molecule has 0 aliphatic rings. The summed E-state index contributed by atoms with van der Waals surface area (Å²) in [6.45, 7) is 0. The van der Waals surface area contributed by atoms with Gasteiger partial charge in [0, 0.05) is 48.9 Å². The highest BCUT2D eigenvalue weighted by Crippen LogP contribution is 2.40. The Hall–Kier alpha value is -3.98. The van der Waals surface area contributed by atoms with Gasteiger partial charge in [-0.15, -0.1) is 0 Å². The number of fused-ring (bicyclic) bond motifs is 1. The lowest BCUT2D eigenvalue weighted by Crippen LogP contribution is -2.12. The molecule has 0 saturated carbocycles. The first-order chi connectivity index (χ1) is 16.4. The fraction of sp³-hybridized carbons (Fsp3) is 0.200. The number of carbonyl (C=O) groups is 1. The highest BCUT2D eigenvalue weighted by Gasteiger charge is 2.16. The maximum absolute atomic E-state index is 13.0. The lowest BCUT2D eigenvalue weighted by molar-refractivity contribution is 0.102. The van der Waals surface area contributed by atoms with E-state index >= 15 is 0 Å². The topological polar surface area (TPSA) is 85.0 Å². The van der Waals surface area contributed by atoms with Crippen LogP contribution in [0, 0.1) is 0 Å². The van der Waals surface area contributed by atoms with Crippen molar-refractivity contribution >= 4 is 49.7 Å². The number of carbonyl (C=O) groups excluding carboxylic acids is 1. The molecule has 176 valence electrons. The number of hydrogen-bond donors (Lipinski definition) is 2. The van der Waals surface area contributed by atoms with Crippen LogP contribution in [0.4, 0.5) is 22.2 Å². The van der Waals surface area contributed by atoms with E-state index in [0.29, 0.717) is 28.5 Å². The predicted molar refractivity (Wildman–Crippen MR) is 138 cm³/mol. The summed E-state index contributed by atoms with van der Waals surface area (Å²) in [4.78, 5) is 19.6. The van der Waals surface area contributed by atoms with Crippen LogP contribution in [-0.2, 0) is 0 Å². The molecule has 0 atom stereocenters. The van der Waals surface area contributed by atoms with Crippen molar-refractivity contribution in [2.24, 2.45) is 0 Å². The number of benzene rings is 3. The zero-order chi connectivity index (χ0) is 24.2. The second-order valence-corrected chi connectivity index (χ2v) is 8.67. The number of ether oxygens (including phenoxy) is 3. The van der Waals surface area contributed by atoms with Crippen molar-refractivity contribution in [3.63, 3.8) is 0 Å². The summed E-state index contributed by atoms with van der Waals surface area (Å²) < 4.78 is 17.0. The van der Waals surface area contributed by atoms with E-state index in [-0.39, 0.29) is 5.91 Å². The largest absolute Gasteiger partial charge is 0.493 e. The number of nitrogens with one attached hydrogen (secondary N) is 2. The predicted octanol–water partition coefficient (Wildman–Crippen LogP) is 5.38. The van der Waals surface area contributed by atoms with E-state index in [2.05, 4.69) is 21.7 Å². The van der Waals surface area contributed by atoms with Gasteiger partial charge in [0.2, 0.25) is 5.75 Å². The van der Waals surface area contributed by atoms with Crippen LogP contribution >= 0.6 is 11.3 Å². The minimum Gasteiger partial charge on any atom is -0.493 e. The van der Waals surface area contributed by atoms with E-state index in [1.54, 1.807) is 18.2 Å². The van der Waals surface area contributed by atoms with Gasteiger partial charge in [-0.2, -0.15) is 0 Å². The summed E-state index contributed by atoms with van der Waals surface area (Å²) in [5.74, 6) is 1.14. The molecule has 0 aliphatic carbocycles. The van der Waals surface area contributed by atoms with Gasteiger partial charge >= 0.3 is 0 Å². The van der Waals surface area contributed by atoms with Crippen molar-refractivity contribution in [2.75, 3.05) is 51.0 Å². The third-order valence-electron chi connectivity index (χ3n) is 5.19. The van der Waals surface area contributed by atoms with Gasteiger partial charge in [0.15, 0.2) is 16.6 Å². The van der Waals surface area contributed by atoms with E-state index in [1.165, 1.54) is 32.7 Å². The zero-order valence-corrected chi connectivity index (χ0v) is 20.4. The molecule has 34 heavy (non-hydrogen) atoms. The number of hydrogen-bond acceptors (Lipinski definition) is 8. The molecule has 1 heterocycles. The van der Waals surface area contributed by atoms with E-state index in [0.717, 1.165) is 26.7 Å². The van der Waals surface area contributed by atoms with Gasteiger partial charge in [-0.05, 0) is 36.4 Å². The standard InChI is InChI=1S/C25H26N4O4S/c1-29(2)18-8-6-7-16(12-18)27-25-28-19-10-9-15(11-22(19)34-25)24(30)26-17-13-20(31-3)23(33-5)21(14-17)32-4/h6-14H,1-5H3,(H,26,30)(H,27,28). The molecular weight excluding hydrogens is 452 g/mol. The average molecular weight is 479 g/mol. The van der Waals surface area contributed by atoms with Crippen molar-refractivity contribution in [3.8, 4) is 17.2 Å². The summed E-state index contributed by atoms with van der Waals surface area (Å²) in [6, 6.07) is 16.9. The van der Waals surface area contributed by atoms with E-state index in [1.807, 2.05) is 49.3 Å². The SMILES string of the molecule is COc1cc(NC(=O)c2ccc3nc(Nc4cccc(N(C)C)c4)sc3c2)cc(OC)c1OC. The lowest BCUT2D eigenvalue weighted by Gasteiger charge is -2.14. The third kappa shape index (κ3) is 4.84. The molecule has 0 saturated heterocycles.